The third kappa shape index (κ3) is 3.54. The van der Waals surface area contributed by atoms with Crippen LogP contribution in [0.2, 0.25) is 0 Å². The predicted molar refractivity (Wildman–Crippen MR) is 92.0 cm³/mol. The van der Waals surface area contributed by atoms with Crippen molar-refractivity contribution in [1.82, 2.24) is 9.55 Å². The van der Waals surface area contributed by atoms with Crippen LogP contribution in [-0.2, 0) is 7.05 Å². The molecule has 2 aromatic carbocycles. The normalized spacial score (nSPS) is 10.8. The number of benzene rings is 2. The molecule has 0 fully saturated rings. The average molecular weight is 377 g/mol. The molecule has 1 heterocycles. The Morgan fingerprint density at radius 2 is 1.38 bits per heavy atom. The Balaban J connectivity index is 1.86. The van der Waals surface area contributed by atoms with Gasteiger partial charge in [-0.3, -0.25) is 0 Å². The Bertz CT molecular complexity index is 727. The second-order valence-corrected chi connectivity index (χ2v) is 7.23. The average Bonchev–Trinajstić information content (AvgIpc) is 2.77. The summed E-state index contributed by atoms with van der Waals surface area (Å²) in [6.07, 6.45) is 0. The Morgan fingerprint density at radius 1 is 0.857 bits per heavy atom. The molecule has 0 bridgehead atoms. The van der Waals surface area contributed by atoms with Crippen molar-refractivity contribution in [2.75, 3.05) is 0 Å². The summed E-state index contributed by atoms with van der Waals surface area (Å²) in [6.45, 7) is 0. The van der Waals surface area contributed by atoms with Crippen LogP contribution in [0, 0.1) is 0 Å². The van der Waals surface area contributed by atoms with Crippen molar-refractivity contribution < 1.29 is 0 Å². The summed E-state index contributed by atoms with van der Waals surface area (Å²) in [5.41, 5.74) is 0. The molecule has 0 spiro atoms. The fourth-order valence-corrected chi connectivity index (χ4v) is 4.42. The van der Waals surface area contributed by atoms with Crippen LogP contribution in [0.15, 0.2) is 85.2 Å². The van der Waals surface area contributed by atoms with Gasteiger partial charge in [-0.25, -0.2) is 4.98 Å². The molecule has 0 radical (unpaired) electrons. The maximum absolute atomic E-state index is 4.62. The monoisotopic (exact) mass is 376 g/mol. The molecule has 5 heteroatoms. The zero-order valence-corrected chi connectivity index (χ0v) is 14.6. The highest BCUT2D eigenvalue weighted by Gasteiger charge is 2.14. The van der Waals surface area contributed by atoms with Crippen LogP contribution in [-0.4, -0.2) is 9.55 Å². The van der Waals surface area contributed by atoms with Gasteiger partial charge in [-0.1, -0.05) is 59.9 Å². The molecule has 0 aliphatic heterocycles. The molecule has 2 nitrogen and oxygen atoms in total. The Labute approximate surface area is 141 Å². The first-order valence-corrected chi connectivity index (χ1v) is 8.84. The van der Waals surface area contributed by atoms with Crippen LogP contribution in [0.1, 0.15) is 0 Å². The summed E-state index contributed by atoms with van der Waals surface area (Å²) >= 11 is 6.95. The molecule has 0 unspecified atom stereocenters. The van der Waals surface area contributed by atoms with E-state index >= 15 is 0 Å². The summed E-state index contributed by atoms with van der Waals surface area (Å²) in [5, 5.41) is 2.09. The second-order valence-electron chi connectivity index (χ2n) is 4.38. The highest BCUT2D eigenvalue weighted by molar-refractivity contribution is 9.10. The van der Waals surface area contributed by atoms with Gasteiger partial charge in [-0.2, -0.15) is 0 Å². The lowest BCUT2D eigenvalue weighted by molar-refractivity contribution is 0.728. The van der Waals surface area contributed by atoms with Gasteiger partial charge >= 0.3 is 0 Å². The van der Waals surface area contributed by atoms with Gasteiger partial charge in [-0.15, -0.1) is 0 Å². The lowest BCUT2D eigenvalue weighted by atomic mass is 10.4. The third-order valence-electron chi connectivity index (χ3n) is 2.87. The van der Waals surface area contributed by atoms with E-state index in [1.807, 2.05) is 43.4 Å². The molecular formula is C16H13BrN2S2. The Hall–Kier alpha value is -1.17. The summed E-state index contributed by atoms with van der Waals surface area (Å²) in [5.74, 6) is 0. The zero-order chi connectivity index (χ0) is 14.7. The van der Waals surface area contributed by atoms with E-state index in [2.05, 4.69) is 49.7 Å². The SMILES string of the molecule is Cn1c(Sc2ccccc2)nc(Br)c1Sc1ccccc1. The van der Waals surface area contributed by atoms with Crippen molar-refractivity contribution in [2.45, 2.75) is 20.0 Å². The van der Waals surface area contributed by atoms with Gasteiger partial charge < -0.3 is 4.57 Å². The van der Waals surface area contributed by atoms with Gasteiger partial charge in [0, 0.05) is 16.8 Å². The molecule has 106 valence electrons. The second kappa shape index (κ2) is 6.73. The standard InChI is InChI=1S/C16H13BrN2S2/c1-19-15(20-12-8-4-2-5-9-12)14(17)18-16(19)21-13-10-6-3-7-11-13/h2-11H,1H3. The van der Waals surface area contributed by atoms with Crippen molar-refractivity contribution >= 4 is 39.5 Å². The fourth-order valence-electron chi connectivity index (χ4n) is 1.83. The molecule has 3 rings (SSSR count). The van der Waals surface area contributed by atoms with Crippen LogP contribution in [0.5, 0.6) is 0 Å². The quantitative estimate of drug-likeness (QED) is 0.599. The molecule has 0 N–H and O–H groups in total. The number of halogens is 1. The Kier molecular flexibility index (Phi) is 4.73. The minimum atomic E-state index is 0.886. The molecule has 0 atom stereocenters. The molecule has 21 heavy (non-hydrogen) atoms. The number of imidazole rings is 1. The van der Waals surface area contributed by atoms with Gasteiger partial charge in [0.05, 0.1) is 0 Å². The maximum atomic E-state index is 4.62. The number of rotatable bonds is 4. The van der Waals surface area contributed by atoms with E-state index in [9.17, 15) is 0 Å². The van der Waals surface area contributed by atoms with E-state index in [4.69, 9.17) is 0 Å². The van der Waals surface area contributed by atoms with E-state index in [1.54, 1.807) is 23.5 Å². The fraction of sp³-hybridized carbons (Fsp3) is 0.0625. The third-order valence-corrected chi connectivity index (χ3v) is 5.91. The first-order chi connectivity index (χ1) is 10.2. The predicted octanol–water partition coefficient (Wildman–Crippen LogP) is 5.49. The van der Waals surface area contributed by atoms with Crippen molar-refractivity contribution in [3.63, 3.8) is 0 Å². The summed E-state index contributed by atoms with van der Waals surface area (Å²) in [4.78, 5) is 7.02. The van der Waals surface area contributed by atoms with E-state index < -0.39 is 0 Å². The first kappa shape index (κ1) is 14.8. The van der Waals surface area contributed by atoms with Crippen molar-refractivity contribution in [3.05, 3.63) is 65.3 Å². The van der Waals surface area contributed by atoms with E-state index in [1.165, 1.54) is 9.79 Å². The van der Waals surface area contributed by atoms with E-state index in [0.29, 0.717) is 0 Å². The number of aromatic nitrogens is 2. The number of nitrogens with zero attached hydrogens (tertiary/aromatic N) is 2. The largest absolute Gasteiger partial charge is 0.316 e. The van der Waals surface area contributed by atoms with Gasteiger partial charge in [0.2, 0.25) is 0 Å². The number of hydrogen-bond acceptors (Lipinski definition) is 3. The summed E-state index contributed by atoms with van der Waals surface area (Å²) < 4.78 is 3.01. The van der Waals surface area contributed by atoms with Crippen molar-refractivity contribution in [3.8, 4) is 0 Å². The lowest BCUT2D eigenvalue weighted by Gasteiger charge is -2.05. The highest BCUT2D eigenvalue weighted by Crippen LogP contribution is 2.37. The maximum Gasteiger partial charge on any atom is 0.174 e. The molecule has 0 saturated carbocycles. The van der Waals surface area contributed by atoms with E-state index in [0.717, 1.165) is 14.8 Å². The summed E-state index contributed by atoms with van der Waals surface area (Å²) in [7, 11) is 2.05. The van der Waals surface area contributed by atoms with Crippen LogP contribution in [0.3, 0.4) is 0 Å². The van der Waals surface area contributed by atoms with E-state index in [-0.39, 0.29) is 0 Å². The molecule has 3 aromatic rings. The number of hydrogen-bond donors (Lipinski definition) is 0. The Morgan fingerprint density at radius 3 is 1.95 bits per heavy atom. The molecular weight excluding hydrogens is 364 g/mol. The van der Waals surface area contributed by atoms with Crippen LogP contribution < -0.4 is 0 Å². The van der Waals surface area contributed by atoms with Gasteiger partial charge in [0.1, 0.15) is 9.63 Å². The molecule has 0 aliphatic rings. The molecule has 0 saturated heterocycles. The molecule has 0 amide bonds. The van der Waals surface area contributed by atoms with Crippen LogP contribution >= 0.6 is 39.5 Å². The van der Waals surface area contributed by atoms with Gasteiger partial charge in [-0.05, 0) is 40.2 Å². The summed E-state index contributed by atoms with van der Waals surface area (Å²) in [6, 6.07) is 20.6. The lowest BCUT2D eigenvalue weighted by Crippen LogP contribution is -1.92. The smallest absolute Gasteiger partial charge is 0.174 e. The molecule has 0 aliphatic carbocycles. The van der Waals surface area contributed by atoms with Crippen LogP contribution in [0.25, 0.3) is 0 Å². The van der Waals surface area contributed by atoms with Crippen LogP contribution in [0.4, 0.5) is 0 Å². The van der Waals surface area contributed by atoms with Gasteiger partial charge in [0.25, 0.3) is 0 Å². The minimum Gasteiger partial charge on any atom is -0.316 e. The van der Waals surface area contributed by atoms with Crippen molar-refractivity contribution in [1.29, 1.82) is 0 Å². The first-order valence-electron chi connectivity index (χ1n) is 6.42. The highest BCUT2D eigenvalue weighted by atomic mass is 79.9. The van der Waals surface area contributed by atoms with Crippen molar-refractivity contribution in [2.24, 2.45) is 7.05 Å². The molecule has 1 aromatic heterocycles. The van der Waals surface area contributed by atoms with Gasteiger partial charge in [0.15, 0.2) is 5.16 Å². The zero-order valence-electron chi connectivity index (χ0n) is 11.4. The topological polar surface area (TPSA) is 17.8 Å². The minimum absolute atomic E-state index is 0.886.